The highest BCUT2D eigenvalue weighted by Crippen LogP contribution is 2.25. The molecule has 1 aromatic carbocycles. The minimum atomic E-state index is 0.253. The van der Waals surface area contributed by atoms with Crippen LogP contribution in [0.25, 0.3) is 11.0 Å². The summed E-state index contributed by atoms with van der Waals surface area (Å²) in [4.78, 5) is 0. The summed E-state index contributed by atoms with van der Waals surface area (Å²) in [6, 6.07) is 11.1. The molecular formula is C17H25NO. The van der Waals surface area contributed by atoms with Gasteiger partial charge in [-0.1, -0.05) is 44.9 Å². The third kappa shape index (κ3) is 3.19. The first-order valence-electron chi connectivity index (χ1n) is 7.40. The lowest BCUT2D eigenvalue weighted by Gasteiger charge is -2.25. The molecule has 0 aliphatic rings. The van der Waals surface area contributed by atoms with Gasteiger partial charge in [-0.25, -0.2) is 0 Å². The maximum atomic E-state index is 5.92. The smallest absolute Gasteiger partial charge is 0.134 e. The van der Waals surface area contributed by atoms with E-state index in [0.717, 1.165) is 17.3 Å². The van der Waals surface area contributed by atoms with Crippen LogP contribution in [0.3, 0.4) is 0 Å². The van der Waals surface area contributed by atoms with Gasteiger partial charge in [0, 0.05) is 11.4 Å². The van der Waals surface area contributed by atoms with E-state index < -0.39 is 0 Å². The number of furan rings is 1. The highest BCUT2D eigenvalue weighted by Gasteiger charge is 2.18. The molecular weight excluding hydrogens is 234 g/mol. The summed E-state index contributed by atoms with van der Waals surface area (Å²) in [5, 5.41) is 4.85. The molecule has 0 saturated heterocycles. The Hall–Kier alpha value is -1.28. The average Bonchev–Trinajstić information content (AvgIpc) is 2.84. The number of benzene rings is 1. The molecule has 2 unspecified atom stereocenters. The van der Waals surface area contributed by atoms with E-state index in [1.54, 1.807) is 0 Å². The molecule has 0 radical (unpaired) electrons. The fourth-order valence-corrected chi connectivity index (χ4v) is 2.82. The quantitative estimate of drug-likeness (QED) is 0.797. The maximum Gasteiger partial charge on any atom is 0.134 e. The number of nitrogens with one attached hydrogen (secondary N) is 1. The lowest BCUT2D eigenvalue weighted by molar-refractivity contribution is 0.313. The molecule has 0 aliphatic carbocycles. The van der Waals surface area contributed by atoms with Crippen LogP contribution in [-0.4, -0.2) is 6.04 Å². The van der Waals surface area contributed by atoms with Crippen molar-refractivity contribution in [1.29, 1.82) is 0 Å². The predicted molar refractivity (Wildman–Crippen MR) is 81.3 cm³/mol. The lowest BCUT2D eigenvalue weighted by Crippen LogP contribution is -2.34. The van der Waals surface area contributed by atoms with E-state index in [1.165, 1.54) is 18.2 Å². The second kappa shape index (κ2) is 6.25. The average molecular weight is 259 g/mol. The molecule has 104 valence electrons. The molecule has 1 heterocycles. The van der Waals surface area contributed by atoms with Crippen molar-refractivity contribution >= 4 is 11.0 Å². The van der Waals surface area contributed by atoms with Crippen molar-refractivity contribution in [3.8, 4) is 0 Å². The summed E-state index contributed by atoms with van der Waals surface area (Å²) in [5.41, 5.74) is 0.973. The first kappa shape index (κ1) is 14.1. The van der Waals surface area contributed by atoms with Gasteiger partial charge in [0.2, 0.25) is 0 Å². The van der Waals surface area contributed by atoms with Crippen molar-refractivity contribution in [3.63, 3.8) is 0 Å². The monoisotopic (exact) mass is 259 g/mol. The molecule has 1 aromatic heterocycles. The standard InChI is InChI=1S/C17H25NO/c1-5-14(6-2)12(3)18-13(4)17-11-15-9-7-8-10-16(15)19-17/h7-14,18H,5-6H2,1-4H3. The lowest BCUT2D eigenvalue weighted by atomic mass is 9.95. The topological polar surface area (TPSA) is 25.2 Å². The zero-order valence-electron chi connectivity index (χ0n) is 12.4. The van der Waals surface area contributed by atoms with Crippen LogP contribution >= 0.6 is 0 Å². The summed E-state index contributed by atoms with van der Waals surface area (Å²) in [7, 11) is 0. The van der Waals surface area contributed by atoms with Crippen LogP contribution in [0.4, 0.5) is 0 Å². The molecule has 2 rings (SSSR count). The molecule has 0 fully saturated rings. The van der Waals surface area contributed by atoms with Gasteiger partial charge in [0.05, 0.1) is 6.04 Å². The highest BCUT2D eigenvalue weighted by molar-refractivity contribution is 5.77. The van der Waals surface area contributed by atoms with Crippen molar-refractivity contribution in [3.05, 3.63) is 36.1 Å². The zero-order valence-corrected chi connectivity index (χ0v) is 12.4. The molecule has 0 amide bonds. The van der Waals surface area contributed by atoms with E-state index in [4.69, 9.17) is 4.42 Å². The van der Waals surface area contributed by atoms with Crippen molar-refractivity contribution in [2.24, 2.45) is 5.92 Å². The second-order valence-corrected chi connectivity index (χ2v) is 5.44. The number of hydrogen-bond acceptors (Lipinski definition) is 2. The van der Waals surface area contributed by atoms with E-state index in [2.05, 4.69) is 45.1 Å². The van der Waals surface area contributed by atoms with Crippen molar-refractivity contribution in [2.45, 2.75) is 52.6 Å². The van der Waals surface area contributed by atoms with Crippen LogP contribution in [0.1, 0.15) is 52.3 Å². The zero-order chi connectivity index (χ0) is 13.8. The first-order valence-corrected chi connectivity index (χ1v) is 7.40. The third-order valence-corrected chi connectivity index (χ3v) is 4.14. The number of para-hydroxylation sites is 1. The van der Waals surface area contributed by atoms with Crippen LogP contribution in [0.2, 0.25) is 0 Å². The van der Waals surface area contributed by atoms with E-state index >= 15 is 0 Å². The third-order valence-electron chi connectivity index (χ3n) is 4.14. The Morgan fingerprint density at radius 1 is 1.11 bits per heavy atom. The van der Waals surface area contributed by atoms with Crippen LogP contribution in [0.5, 0.6) is 0 Å². The van der Waals surface area contributed by atoms with Gasteiger partial charge in [-0.3, -0.25) is 0 Å². The van der Waals surface area contributed by atoms with Gasteiger partial charge in [0.25, 0.3) is 0 Å². The number of fused-ring (bicyclic) bond motifs is 1. The molecule has 2 aromatic rings. The van der Waals surface area contributed by atoms with Crippen molar-refractivity contribution in [1.82, 2.24) is 5.32 Å². The normalized spacial score (nSPS) is 15.0. The van der Waals surface area contributed by atoms with Gasteiger partial charge < -0.3 is 9.73 Å². The predicted octanol–water partition coefficient (Wildman–Crippen LogP) is 4.91. The van der Waals surface area contributed by atoms with Crippen LogP contribution < -0.4 is 5.32 Å². The Morgan fingerprint density at radius 3 is 2.42 bits per heavy atom. The van der Waals surface area contributed by atoms with E-state index in [0.29, 0.717) is 6.04 Å². The minimum Gasteiger partial charge on any atom is -0.459 e. The largest absolute Gasteiger partial charge is 0.459 e. The Kier molecular flexibility index (Phi) is 4.65. The Morgan fingerprint density at radius 2 is 1.79 bits per heavy atom. The summed E-state index contributed by atoms with van der Waals surface area (Å²) >= 11 is 0. The van der Waals surface area contributed by atoms with Crippen LogP contribution in [0, 0.1) is 5.92 Å². The molecule has 2 heteroatoms. The molecule has 0 spiro atoms. The molecule has 2 nitrogen and oxygen atoms in total. The SMILES string of the molecule is CCC(CC)C(C)NC(C)c1cc2ccccc2o1. The van der Waals surface area contributed by atoms with E-state index in [-0.39, 0.29) is 6.04 Å². The van der Waals surface area contributed by atoms with Gasteiger partial charge in [-0.2, -0.15) is 0 Å². The van der Waals surface area contributed by atoms with Crippen molar-refractivity contribution in [2.75, 3.05) is 0 Å². The second-order valence-electron chi connectivity index (χ2n) is 5.44. The molecule has 19 heavy (non-hydrogen) atoms. The van der Waals surface area contributed by atoms with E-state index in [9.17, 15) is 0 Å². The van der Waals surface area contributed by atoms with Gasteiger partial charge in [0.1, 0.15) is 11.3 Å². The van der Waals surface area contributed by atoms with Crippen LogP contribution in [0.15, 0.2) is 34.7 Å². The summed E-state index contributed by atoms with van der Waals surface area (Å²) in [6.07, 6.45) is 2.44. The van der Waals surface area contributed by atoms with Gasteiger partial charge in [-0.15, -0.1) is 0 Å². The minimum absolute atomic E-state index is 0.253. The molecule has 1 N–H and O–H groups in total. The van der Waals surface area contributed by atoms with Gasteiger partial charge in [0.15, 0.2) is 0 Å². The fourth-order valence-electron chi connectivity index (χ4n) is 2.82. The first-order chi connectivity index (χ1) is 9.15. The Bertz CT molecular complexity index is 480. The van der Waals surface area contributed by atoms with Gasteiger partial charge in [-0.05, 0) is 31.9 Å². The molecule has 0 aliphatic heterocycles. The highest BCUT2D eigenvalue weighted by atomic mass is 16.3. The number of hydrogen-bond donors (Lipinski definition) is 1. The molecule has 0 saturated carbocycles. The fraction of sp³-hybridized carbons (Fsp3) is 0.529. The maximum absolute atomic E-state index is 5.92. The van der Waals surface area contributed by atoms with E-state index in [1.807, 2.05) is 18.2 Å². The van der Waals surface area contributed by atoms with Gasteiger partial charge >= 0.3 is 0 Å². The summed E-state index contributed by atoms with van der Waals surface area (Å²) < 4.78 is 5.92. The summed E-state index contributed by atoms with van der Waals surface area (Å²) in [5.74, 6) is 1.76. The number of rotatable bonds is 6. The summed E-state index contributed by atoms with van der Waals surface area (Å²) in [6.45, 7) is 8.98. The Labute approximate surface area is 116 Å². The molecule has 0 bridgehead atoms. The van der Waals surface area contributed by atoms with Crippen molar-refractivity contribution < 1.29 is 4.42 Å². The van der Waals surface area contributed by atoms with Crippen LogP contribution in [-0.2, 0) is 0 Å². The molecule has 2 atom stereocenters. The Balaban J connectivity index is 2.08.